The second-order valence-corrected chi connectivity index (χ2v) is 5.65. The van der Waals surface area contributed by atoms with Crippen LogP contribution in [0.2, 0.25) is 0 Å². The maximum atomic E-state index is 11.6. The van der Waals surface area contributed by atoms with Crippen molar-refractivity contribution in [3.63, 3.8) is 0 Å². The molecule has 1 fully saturated rings. The van der Waals surface area contributed by atoms with Crippen LogP contribution >= 0.6 is 11.8 Å². The van der Waals surface area contributed by atoms with Crippen LogP contribution in [-0.4, -0.2) is 24.9 Å². The summed E-state index contributed by atoms with van der Waals surface area (Å²) in [6, 6.07) is 3.94. The van der Waals surface area contributed by atoms with Gasteiger partial charge < -0.3 is 5.11 Å². The number of hydrogen-bond acceptors (Lipinski definition) is 5. The van der Waals surface area contributed by atoms with E-state index in [4.69, 9.17) is 0 Å². The molecule has 0 saturated heterocycles. The molecule has 0 unspecified atom stereocenters. The van der Waals surface area contributed by atoms with Gasteiger partial charge in [0, 0.05) is 17.1 Å². The van der Waals surface area contributed by atoms with Crippen LogP contribution in [0.3, 0.4) is 0 Å². The van der Waals surface area contributed by atoms with Gasteiger partial charge in [0.1, 0.15) is 0 Å². The maximum absolute atomic E-state index is 11.6. The summed E-state index contributed by atoms with van der Waals surface area (Å²) in [5, 5.41) is 16.6. The van der Waals surface area contributed by atoms with Gasteiger partial charge in [-0.05, 0) is 43.7 Å². The summed E-state index contributed by atoms with van der Waals surface area (Å²) in [5.41, 5.74) is 0.476. The van der Waals surface area contributed by atoms with E-state index < -0.39 is 6.10 Å². The predicted octanol–water partition coefficient (Wildman–Crippen LogP) is 1.51. The first-order chi connectivity index (χ1) is 9.15. The van der Waals surface area contributed by atoms with Gasteiger partial charge in [0.2, 0.25) is 0 Å². The maximum Gasteiger partial charge on any atom is 0.344 e. The number of H-pyrrole nitrogens is 1. The van der Waals surface area contributed by atoms with Crippen LogP contribution < -0.4 is 5.69 Å². The Hall–Kier alpha value is -1.60. The molecule has 0 aromatic carbocycles. The first-order valence-corrected chi connectivity index (χ1v) is 6.95. The van der Waals surface area contributed by atoms with Crippen LogP contribution in [0, 0.1) is 0 Å². The van der Waals surface area contributed by atoms with E-state index in [0.717, 1.165) is 17.7 Å². The lowest BCUT2D eigenvalue weighted by molar-refractivity contribution is 0.194. The fourth-order valence-corrected chi connectivity index (χ4v) is 2.70. The molecule has 6 nitrogen and oxygen atoms in total. The van der Waals surface area contributed by atoms with Crippen molar-refractivity contribution in [3.8, 4) is 0 Å². The van der Waals surface area contributed by atoms with E-state index in [1.807, 2.05) is 6.07 Å². The molecule has 2 aromatic heterocycles. The van der Waals surface area contributed by atoms with Gasteiger partial charge in [0.05, 0.1) is 11.8 Å². The summed E-state index contributed by atoms with van der Waals surface area (Å²) in [6.07, 6.45) is 3.18. The summed E-state index contributed by atoms with van der Waals surface area (Å²) in [4.78, 5) is 16.7. The highest BCUT2D eigenvalue weighted by molar-refractivity contribution is 7.99. The zero-order valence-corrected chi connectivity index (χ0v) is 11.2. The number of aromatic amines is 1. The largest absolute Gasteiger partial charge is 0.387 e. The Morgan fingerprint density at radius 3 is 2.89 bits per heavy atom. The van der Waals surface area contributed by atoms with E-state index in [1.54, 1.807) is 23.8 Å². The van der Waals surface area contributed by atoms with Crippen molar-refractivity contribution in [1.29, 1.82) is 0 Å². The lowest BCUT2D eigenvalue weighted by Gasteiger charge is -2.05. The third kappa shape index (κ3) is 2.57. The molecule has 1 aliphatic carbocycles. The Balaban J connectivity index is 1.83. The number of aliphatic hydroxyl groups excluding tert-OH is 1. The number of aliphatic hydroxyl groups is 1. The molecule has 7 heteroatoms. The van der Waals surface area contributed by atoms with Crippen molar-refractivity contribution < 1.29 is 5.11 Å². The summed E-state index contributed by atoms with van der Waals surface area (Å²) < 4.78 is 1.70. The van der Waals surface area contributed by atoms with Crippen LogP contribution in [0.4, 0.5) is 0 Å². The van der Waals surface area contributed by atoms with Gasteiger partial charge in [-0.15, -0.1) is 5.10 Å². The van der Waals surface area contributed by atoms with Crippen LogP contribution in [-0.2, 0) is 0 Å². The van der Waals surface area contributed by atoms with E-state index in [9.17, 15) is 9.90 Å². The highest BCUT2D eigenvalue weighted by atomic mass is 32.2. The first-order valence-electron chi connectivity index (χ1n) is 6.14. The van der Waals surface area contributed by atoms with E-state index in [0.29, 0.717) is 16.9 Å². The van der Waals surface area contributed by atoms with Crippen molar-refractivity contribution in [3.05, 3.63) is 34.5 Å². The molecular formula is C12H14N4O2S. The summed E-state index contributed by atoms with van der Waals surface area (Å²) in [5.74, 6) is 0. The fraction of sp³-hybridized carbons (Fsp3) is 0.417. The molecule has 1 saturated carbocycles. The van der Waals surface area contributed by atoms with Gasteiger partial charge in [0.25, 0.3) is 0 Å². The van der Waals surface area contributed by atoms with Gasteiger partial charge in [-0.1, -0.05) is 0 Å². The Kier molecular flexibility index (Phi) is 3.16. The third-order valence-corrected chi connectivity index (χ3v) is 3.93. The van der Waals surface area contributed by atoms with Gasteiger partial charge in [-0.2, -0.15) is 0 Å². The van der Waals surface area contributed by atoms with Gasteiger partial charge >= 0.3 is 5.69 Å². The van der Waals surface area contributed by atoms with Crippen molar-refractivity contribution in [1.82, 2.24) is 19.7 Å². The van der Waals surface area contributed by atoms with Crippen molar-refractivity contribution >= 4 is 11.8 Å². The summed E-state index contributed by atoms with van der Waals surface area (Å²) >= 11 is 1.40. The molecule has 0 amide bonds. The Morgan fingerprint density at radius 2 is 2.32 bits per heavy atom. The number of aromatic nitrogens is 4. The van der Waals surface area contributed by atoms with Crippen LogP contribution in [0.1, 0.15) is 37.6 Å². The molecule has 2 aromatic rings. The fourth-order valence-electron chi connectivity index (χ4n) is 1.82. The zero-order chi connectivity index (χ0) is 13.4. The van der Waals surface area contributed by atoms with E-state index >= 15 is 0 Å². The minimum Gasteiger partial charge on any atom is -0.387 e. The third-order valence-electron chi connectivity index (χ3n) is 2.98. The first kappa shape index (κ1) is 12.4. The molecule has 1 atom stereocenters. The van der Waals surface area contributed by atoms with Gasteiger partial charge in [0.15, 0.2) is 5.16 Å². The van der Waals surface area contributed by atoms with Crippen LogP contribution in [0.15, 0.2) is 33.2 Å². The van der Waals surface area contributed by atoms with Crippen LogP contribution in [0.5, 0.6) is 0 Å². The topological polar surface area (TPSA) is 83.8 Å². The Bertz CT molecular complexity index is 628. The smallest absolute Gasteiger partial charge is 0.344 e. The predicted molar refractivity (Wildman–Crippen MR) is 70.1 cm³/mol. The van der Waals surface area contributed by atoms with Crippen molar-refractivity contribution in [2.75, 3.05) is 0 Å². The highest BCUT2D eigenvalue weighted by Crippen LogP contribution is 2.37. The standard InChI is InChI=1S/C12H14N4O2S/c1-7(17)10-5-4-9(6-13-10)19-12-15-14-11(18)16(12)8-2-3-8/h4-8,17H,2-3H2,1H3,(H,14,18)/t7-/m0/s1. The molecule has 0 bridgehead atoms. The monoisotopic (exact) mass is 278 g/mol. The molecule has 0 radical (unpaired) electrons. The number of nitrogens with one attached hydrogen (secondary N) is 1. The molecule has 3 rings (SSSR count). The number of pyridine rings is 1. The van der Waals surface area contributed by atoms with E-state index in [2.05, 4.69) is 15.2 Å². The van der Waals surface area contributed by atoms with Crippen molar-refractivity contribution in [2.45, 2.75) is 42.0 Å². The van der Waals surface area contributed by atoms with Gasteiger partial charge in [-0.3, -0.25) is 9.55 Å². The number of hydrogen-bond donors (Lipinski definition) is 2. The van der Waals surface area contributed by atoms with E-state index in [1.165, 1.54) is 11.8 Å². The Morgan fingerprint density at radius 1 is 1.53 bits per heavy atom. The number of nitrogens with zero attached hydrogens (tertiary/aromatic N) is 3. The average Bonchev–Trinajstić information content (AvgIpc) is 3.16. The minimum atomic E-state index is -0.575. The molecule has 2 heterocycles. The quantitative estimate of drug-likeness (QED) is 0.885. The highest BCUT2D eigenvalue weighted by Gasteiger charge is 2.28. The zero-order valence-electron chi connectivity index (χ0n) is 10.4. The second kappa shape index (κ2) is 4.82. The van der Waals surface area contributed by atoms with Crippen molar-refractivity contribution in [2.24, 2.45) is 0 Å². The lowest BCUT2D eigenvalue weighted by Crippen LogP contribution is -2.15. The normalized spacial score (nSPS) is 16.5. The molecule has 0 aliphatic heterocycles. The molecule has 2 N–H and O–H groups in total. The molecule has 0 spiro atoms. The Labute approximate surface area is 113 Å². The SMILES string of the molecule is C[C@H](O)c1ccc(Sc2n[nH]c(=O)n2C2CC2)cn1. The number of rotatable bonds is 4. The molecule has 1 aliphatic rings. The lowest BCUT2D eigenvalue weighted by atomic mass is 10.2. The molecular weight excluding hydrogens is 264 g/mol. The summed E-state index contributed by atoms with van der Waals surface area (Å²) in [6.45, 7) is 1.67. The second-order valence-electron chi connectivity index (χ2n) is 4.61. The summed E-state index contributed by atoms with van der Waals surface area (Å²) in [7, 11) is 0. The molecule has 19 heavy (non-hydrogen) atoms. The molecule has 100 valence electrons. The van der Waals surface area contributed by atoms with Gasteiger partial charge in [-0.25, -0.2) is 9.89 Å². The van der Waals surface area contributed by atoms with E-state index in [-0.39, 0.29) is 5.69 Å². The average molecular weight is 278 g/mol. The van der Waals surface area contributed by atoms with Crippen LogP contribution in [0.25, 0.3) is 0 Å². The minimum absolute atomic E-state index is 0.154.